The summed E-state index contributed by atoms with van der Waals surface area (Å²) in [6.45, 7) is 4.08. The Balaban J connectivity index is 1.36. The van der Waals surface area contributed by atoms with Crippen LogP contribution in [0.5, 0.6) is 11.5 Å². The quantitative estimate of drug-likeness (QED) is 0.109. The zero-order chi connectivity index (χ0) is 28.5. The minimum Gasteiger partial charge on any atom is -0.490 e. The molecule has 40 heavy (non-hydrogen) atoms. The van der Waals surface area contributed by atoms with Gasteiger partial charge in [-0.1, -0.05) is 29.3 Å². The van der Waals surface area contributed by atoms with Crippen LogP contribution in [0, 0.1) is 6.92 Å². The monoisotopic (exact) mass is 555 g/mol. The molecule has 0 spiro atoms. The summed E-state index contributed by atoms with van der Waals surface area (Å²) in [5.74, 6) is -0.567. The number of halogens is 1. The predicted molar refractivity (Wildman–Crippen MR) is 155 cm³/mol. The number of nitrogens with one attached hydrogen (secondary N) is 2. The van der Waals surface area contributed by atoms with Crippen LogP contribution >= 0.6 is 11.6 Å². The van der Waals surface area contributed by atoms with Gasteiger partial charge in [0.25, 0.3) is 11.8 Å². The van der Waals surface area contributed by atoms with Crippen molar-refractivity contribution in [1.29, 1.82) is 0 Å². The van der Waals surface area contributed by atoms with E-state index in [0.29, 0.717) is 45.3 Å². The summed E-state index contributed by atoms with van der Waals surface area (Å²) in [5, 5.41) is 7.32. The minimum absolute atomic E-state index is 0.276. The van der Waals surface area contributed by atoms with Gasteiger partial charge in [-0.25, -0.2) is 10.2 Å². The molecule has 0 aliphatic carbocycles. The molecular formula is C31H26ClN3O5. The smallest absolute Gasteiger partial charge is 0.343 e. The lowest BCUT2D eigenvalue weighted by Crippen LogP contribution is -2.18. The Kier molecular flexibility index (Phi) is 9.27. The van der Waals surface area contributed by atoms with Crippen molar-refractivity contribution in [3.05, 3.63) is 124 Å². The van der Waals surface area contributed by atoms with Crippen molar-refractivity contribution in [1.82, 2.24) is 5.43 Å². The number of carbonyl (C=O) groups is 3. The molecule has 0 bridgehead atoms. The van der Waals surface area contributed by atoms with Gasteiger partial charge in [-0.3, -0.25) is 9.59 Å². The molecule has 0 aliphatic heterocycles. The molecule has 0 heterocycles. The maximum atomic E-state index is 12.6. The molecule has 0 unspecified atom stereocenters. The fraction of sp³-hybridized carbons (Fsp3) is 0.0968. The highest BCUT2D eigenvalue weighted by atomic mass is 35.5. The van der Waals surface area contributed by atoms with Gasteiger partial charge in [0, 0.05) is 21.8 Å². The summed E-state index contributed by atoms with van der Waals surface area (Å²) in [4.78, 5) is 37.4. The summed E-state index contributed by atoms with van der Waals surface area (Å²) in [6.07, 6.45) is 1.45. The van der Waals surface area contributed by atoms with Crippen LogP contribution in [-0.4, -0.2) is 30.6 Å². The van der Waals surface area contributed by atoms with Crippen LogP contribution in [-0.2, 0) is 0 Å². The molecule has 0 atom stereocenters. The van der Waals surface area contributed by atoms with E-state index in [0.717, 1.165) is 5.56 Å². The van der Waals surface area contributed by atoms with Crippen LogP contribution in [0.3, 0.4) is 0 Å². The van der Waals surface area contributed by atoms with Gasteiger partial charge in [0.05, 0.1) is 18.4 Å². The van der Waals surface area contributed by atoms with Crippen molar-refractivity contribution < 1.29 is 23.9 Å². The van der Waals surface area contributed by atoms with Crippen LogP contribution in [0.25, 0.3) is 0 Å². The van der Waals surface area contributed by atoms with Crippen molar-refractivity contribution in [2.45, 2.75) is 13.8 Å². The van der Waals surface area contributed by atoms with Gasteiger partial charge < -0.3 is 14.8 Å². The summed E-state index contributed by atoms with van der Waals surface area (Å²) in [7, 11) is 0. The van der Waals surface area contributed by atoms with E-state index in [1.54, 1.807) is 84.9 Å². The Morgan fingerprint density at radius 2 is 1.52 bits per heavy atom. The third-order valence-corrected chi connectivity index (χ3v) is 5.87. The maximum absolute atomic E-state index is 12.6. The molecule has 4 aromatic carbocycles. The first-order valence-corrected chi connectivity index (χ1v) is 12.8. The lowest BCUT2D eigenvalue weighted by Gasteiger charge is -2.11. The van der Waals surface area contributed by atoms with Crippen molar-refractivity contribution in [2.24, 2.45) is 5.10 Å². The molecule has 2 N–H and O–H groups in total. The van der Waals surface area contributed by atoms with Gasteiger partial charge in [-0.05, 0) is 98.3 Å². The number of anilines is 1. The van der Waals surface area contributed by atoms with Gasteiger partial charge in [0.2, 0.25) is 0 Å². The van der Waals surface area contributed by atoms with Crippen LogP contribution in [0.15, 0.2) is 96.1 Å². The standard InChI is InChI=1S/C31H26ClN3O5/c1-3-39-28-18-21(7-16-27(28)40-31(38)24-6-4-5-20(2)17-24)19-33-35-30(37)23-10-14-26(15-11-23)34-29(36)22-8-12-25(32)13-9-22/h4-19H,3H2,1-2H3,(H,34,36)(H,35,37)/b33-19-. The first-order valence-electron chi connectivity index (χ1n) is 12.4. The van der Waals surface area contributed by atoms with Gasteiger partial charge in [0.15, 0.2) is 11.5 Å². The second kappa shape index (κ2) is 13.2. The summed E-state index contributed by atoms with van der Waals surface area (Å²) >= 11 is 5.86. The Morgan fingerprint density at radius 1 is 0.825 bits per heavy atom. The second-order valence-corrected chi connectivity index (χ2v) is 9.07. The zero-order valence-corrected chi connectivity index (χ0v) is 22.6. The number of nitrogens with zero attached hydrogens (tertiary/aromatic N) is 1. The molecular weight excluding hydrogens is 530 g/mol. The van der Waals surface area contributed by atoms with E-state index in [1.165, 1.54) is 6.21 Å². The molecule has 4 rings (SSSR count). The predicted octanol–water partition coefficient (Wildman–Crippen LogP) is 6.28. The van der Waals surface area contributed by atoms with Crippen molar-refractivity contribution >= 4 is 41.3 Å². The topological polar surface area (TPSA) is 106 Å². The van der Waals surface area contributed by atoms with E-state index < -0.39 is 11.9 Å². The van der Waals surface area contributed by atoms with Crippen molar-refractivity contribution in [3.63, 3.8) is 0 Å². The maximum Gasteiger partial charge on any atom is 0.343 e. The second-order valence-electron chi connectivity index (χ2n) is 8.64. The van der Waals surface area contributed by atoms with Crippen molar-refractivity contribution in [2.75, 3.05) is 11.9 Å². The molecule has 2 amide bonds. The molecule has 0 fully saturated rings. The molecule has 202 valence electrons. The van der Waals surface area contributed by atoms with Crippen molar-refractivity contribution in [3.8, 4) is 11.5 Å². The normalized spacial score (nSPS) is 10.7. The molecule has 0 radical (unpaired) electrons. The fourth-order valence-electron chi connectivity index (χ4n) is 3.63. The van der Waals surface area contributed by atoms with E-state index in [-0.39, 0.29) is 11.7 Å². The lowest BCUT2D eigenvalue weighted by atomic mass is 10.1. The number of esters is 1. The molecule has 0 aliphatic rings. The van der Waals surface area contributed by atoms with Gasteiger partial charge >= 0.3 is 5.97 Å². The Labute approximate surface area is 236 Å². The fourth-order valence-corrected chi connectivity index (χ4v) is 3.75. The Bertz CT molecular complexity index is 1550. The minimum atomic E-state index is -0.492. The zero-order valence-electron chi connectivity index (χ0n) is 21.8. The number of amides is 2. The summed E-state index contributed by atoms with van der Waals surface area (Å²) in [6, 6.07) is 25.0. The largest absolute Gasteiger partial charge is 0.490 e. The average molecular weight is 556 g/mol. The third kappa shape index (κ3) is 7.55. The van der Waals surface area contributed by atoms with E-state index in [9.17, 15) is 14.4 Å². The van der Waals surface area contributed by atoms with Gasteiger partial charge in [0.1, 0.15) is 0 Å². The van der Waals surface area contributed by atoms with Crippen LogP contribution in [0.4, 0.5) is 5.69 Å². The van der Waals surface area contributed by atoms with E-state index >= 15 is 0 Å². The highest BCUT2D eigenvalue weighted by molar-refractivity contribution is 6.30. The number of carbonyl (C=O) groups excluding carboxylic acids is 3. The molecule has 8 nitrogen and oxygen atoms in total. The molecule has 0 aromatic heterocycles. The number of hydrogen-bond acceptors (Lipinski definition) is 6. The molecule has 0 saturated heterocycles. The number of rotatable bonds is 9. The number of hydrazone groups is 1. The summed E-state index contributed by atoms with van der Waals surface area (Å²) in [5.41, 5.74) is 5.83. The number of benzene rings is 4. The highest BCUT2D eigenvalue weighted by Crippen LogP contribution is 2.29. The number of ether oxygens (including phenoxy) is 2. The molecule has 0 saturated carbocycles. The average Bonchev–Trinajstić information content (AvgIpc) is 2.95. The Morgan fingerprint density at radius 3 is 2.23 bits per heavy atom. The lowest BCUT2D eigenvalue weighted by molar-refractivity contribution is 0.0727. The number of aryl methyl sites for hydroxylation is 1. The highest BCUT2D eigenvalue weighted by Gasteiger charge is 2.14. The van der Waals surface area contributed by atoms with E-state index in [4.69, 9.17) is 21.1 Å². The SMILES string of the molecule is CCOc1cc(/C=N\NC(=O)c2ccc(NC(=O)c3ccc(Cl)cc3)cc2)ccc1OC(=O)c1cccc(C)c1. The van der Waals surface area contributed by atoms with E-state index in [1.807, 2.05) is 19.9 Å². The Hall–Kier alpha value is -4.95. The molecule has 9 heteroatoms. The summed E-state index contributed by atoms with van der Waals surface area (Å²) < 4.78 is 11.2. The van der Waals surface area contributed by atoms with Crippen LogP contribution < -0.4 is 20.2 Å². The third-order valence-electron chi connectivity index (χ3n) is 5.62. The van der Waals surface area contributed by atoms with Gasteiger partial charge in [-0.15, -0.1) is 0 Å². The first-order chi connectivity index (χ1) is 19.3. The van der Waals surface area contributed by atoms with Crippen LogP contribution in [0.2, 0.25) is 5.02 Å². The van der Waals surface area contributed by atoms with Gasteiger partial charge in [-0.2, -0.15) is 5.10 Å². The van der Waals surface area contributed by atoms with Crippen LogP contribution in [0.1, 0.15) is 49.1 Å². The first kappa shape index (κ1) is 28.1. The number of hydrogen-bond donors (Lipinski definition) is 2. The van der Waals surface area contributed by atoms with E-state index in [2.05, 4.69) is 15.8 Å². The molecule has 4 aromatic rings.